The first-order valence-electron chi connectivity index (χ1n) is 9.46. The van der Waals surface area contributed by atoms with Crippen LogP contribution < -0.4 is 10.9 Å². The Bertz CT molecular complexity index is 798. The molecule has 0 amide bonds. The summed E-state index contributed by atoms with van der Waals surface area (Å²) in [6.07, 6.45) is 3.22. The molecule has 1 aromatic carbocycles. The van der Waals surface area contributed by atoms with Crippen molar-refractivity contribution in [3.63, 3.8) is 0 Å². The van der Waals surface area contributed by atoms with Gasteiger partial charge in [0.25, 0.3) is 5.56 Å². The normalized spacial score (nSPS) is 20.6. The first-order chi connectivity index (χ1) is 12.0. The average molecular weight is 342 g/mol. The maximum Gasteiger partial charge on any atom is 0.261 e. The molecule has 1 fully saturated rings. The minimum absolute atomic E-state index is 0.0609. The summed E-state index contributed by atoms with van der Waals surface area (Å²) in [7, 11) is 1.87. The lowest BCUT2D eigenvalue weighted by atomic mass is 10.1. The fourth-order valence-corrected chi connectivity index (χ4v) is 3.87. The maximum absolute atomic E-state index is 12.9. The van der Waals surface area contributed by atoms with Crippen LogP contribution in [0.25, 0.3) is 10.9 Å². The van der Waals surface area contributed by atoms with Crippen LogP contribution in [0.15, 0.2) is 23.0 Å². The molecule has 3 rings (SSSR count). The van der Waals surface area contributed by atoms with Gasteiger partial charge in [0.05, 0.1) is 16.9 Å². The van der Waals surface area contributed by atoms with Gasteiger partial charge in [0.1, 0.15) is 5.82 Å². The van der Waals surface area contributed by atoms with Crippen LogP contribution in [-0.4, -0.2) is 40.1 Å². The molecular weight excluding hydrogens is 312 g/mol. The van der Waals surface area contributed by atoms with E-state index in [9.17, 15) is 4.79 Å². The minimum atomic E-state index is 0.0609. The Balaban J connectivity index is 2.08. The summed E-state index contributed by atoms with van der Waals surface area (Å²) < 4.78 is 1.77. The van der Waals surface area contributed by atoms with Crippen LogP contribution in [0.1, 0.15) is 50.5 Å². The molecule has 5 heteroatoms. The Morgan fingerprint density at radius 2 is 2.20 bits per heavy atom. The molecule has 0 aliphatic carbocycles. The fourth-order valence-electron chi connectivity index (χ4n) is 3.87. The van der Waals surface area contributed by atoms with Crippen molar-refractivity contribution in [3.05, 3.63) is 39.9 Å². The van der Waals surface area contributed by atoms with Crippen molar-refractivity contribution in [1.29, 1.82) is 0 Å². The molecule has 0 saturated carbocycles. The van der Waals surface area contributed by atoms with Gasteiger partial charge in [-0.3, -0.25) is 14.3 Å². The van der Waals surface area contributed by atoms with E-state index in [1.165, 1.54) is 0 Å². The van der Waals surface area contributed by atoms with Crippen molar-refractivity contribution in [2.45, 2.75) is 52.1 Å². The van der Waals surface area contributed by atoms with Crippen LogP contribution in [0.2, 0.25) is 0 Å². The number of fused-ring (bicyclic) bond motifs is 1. The van der Waals surface area contributed by atoms with Crippen LogP contribution in [0.5, 0.6) is 0 Å². The Kier molecular flexibility index (Phi) is 5.54. The molecule has 0 bridgehead atoms. The van der Waals surface area contributed by atoms with Gasteiger partial charge in [-0.1, -0.05) is 25.0 Å². The molecule has 1 aromatic heterocycles. The predicted molar refractivity (Wildman–Crippen MR) is 103 cm³/mol. The molecule has 1 aliphatic rings. The quantitative estimate of drug-likeness (QED) is 0.928. The first-order valence-corrected chi connectivity index (χ1v) is 9.46. The molecule has 1 saturated heterocycles. The van der Waals surface area contributed by atoms with Gasteiger partial charge in [0.2, 0.25) is 0 Å². The summed E-state index contributed by atoms with van der Waals surface area (Å²) in [5.41, 5.74) is 1.97. The van der Waals surface area contributed by atoms with E-state index in [2.05, 4.69) is 24.1 Å². The van der Waals surface area contributed by atoms with E-state index in [1.807, 2.05) is 32.2 Å². The van der Waals surface area contributed by atoms with E-state index in [0.717, 1.165) is 55.8 Å². The number of aromatic nitrogens is 2. The number of aryl methyl sites for hydroxylation is 1. The van der Waals surface area contributed by atoms with Crippen LogP contribution in [0, 0.1) is 6.92 Å². The van der Waals surface area contributed by atoms with Gasteiger partial charge in [0.15, 0.2) is 0 Å². The molecule has 2 atom stereocenters. The highest BCUT2D eigenvalue weighted by atomic mass is 16.1. The number of rotatable bonds is 4. The summed E-state index contributed by atoms with van der Waals surface area (Å²) in [6.45, 7) is 9.54. The second kappa shape index (κ2) is 7.67. The maximum atomic E-state index is 12.9. The van der Waals surface area contributed by atoms with Gasteiger partial charge in [-0.2, -0.15) is 0 Å². The number of hydrogen-bond donors (Lipinski definition) is 1. The molecule has 0 unspecified atom stereocenters. The Morgan fingerprint density at radius 1 is 1.40 bits per heavy atom. The van der Waals surface area contributed by atoms with Crippen molar-refractivity contribution >= 4 is 10.9 Å². The minimum Gasteiger partial charge on any atom is -0.313 e. The largest absolute Gasteiger partial charge is 0.313 e. The Labute approximate surface area is 150 Å². The molecule has 136 valence electrons. The Morgan fingerprint density at radius 3 is 2.96 bits per heavy atom. The number of nitrogens with one attached hydrogen (secondary N) is 1. The third-order valence-electron chi connectivity index (χ3n) is 5.19. The van der Waals surface area contributed by atoms with Gasteiger partial charge in [0, 0.05) is 26.2 Å². The van der Waals surface area contributed by atoms with Crippen molar-refractivity contribution in [1.82, 2.24) is 19.8 Å². The summed E-state index contributed by atoms with van der Waals surface area (Å²) in [4.78, 5) is 20.4. The van der Waals surface area contributed by atoms with Crippen LogP contribution in [0.4, 0.5) is 0 Å². The van der Waals surface area contributed by atoms with Crippen molar-refractivity contribution in [2.75, 3.05) is 19.6 Å². The highest BCUT2D eigenvalue weighted by Crippen LogP contribution is 2.26. The van der Waals surface area contributed by atoms with E-state index in [0.29, 0.717) is 11.4 Å². The zero-order chi connectivity index (χ0) is 18.0. The lowest BCUT2D eigenvalue weighted by Crippen LogP contribution is -2.39. The highest BCUT2D eigenvalue weighted by Gasteiger charge is 2.26. The third kappa shape index (κ3) is 3.77. The molecule has 0 spiro atoms. The van der Waals surface area contributed by atoms with Crippen LogP contribution in [-0.2, 0) is 7.05 Å². The molecule has 0 radical (unpaired) electrons. The SMILES string of the molecule is CCC[C@H](c1nc2ccc(C)cc2c(=O)n1C)N1CCCN[C@@H](C)C1. The summed E-state index contributed by atoms with van der Waals surface area (Å²) >= 11 is 0. The second-order valence-electron chi connectivity index (χ2n) is 7.36. The molecule has 2 heterocycles. The van der Waals surface area contributed by atoms with E-state index in [1.54, 1.807) is 4.57 Å². The highest BCUT2D eigenvalue weighted by molar-refractivity contribution is 5.78. The topological polar surface area (TPSA) is 50.2 Å². The second-order valence-corrected chi connectivity index (χ2v) is 7.36. The van der Waals surface area contributed by atoms with Gasteiger partial charge < -0.3 is 5.32 Å². The van der Waals surface area contributed by atoms with Crippen LogP contribution >= 0.6 is 0 Å². The average Bonchev–Trinajstić information content (AvgIpc) is 2.81. The van der Waals surface area contributed by atoms with Gasteiger partial charge in [-0.25, -0.2) is 4.98 Å². The number of benzene rings is 1. The van der Waals surface area contributed by atoms with Crippen molar-refractivity contribution in [3.8, 4) is 0 Å². The fraction of sp³-hybridized carbons (Fsp3) is 0.600. The van der Waals surface area contributed by atoms with Gasteiger partial charge in [-0.05, 0) is 45.4 Å². The van der Waals surface area contributed by atoms with E-state index in [4.69, 9.17) is 4.98 Å². The zero-order valence-corrected chi connectivity index (χ0v) is 15.9. The first kappa shape index (κ1) is 18.1. The summed E-state index contributed by atoms with van der Waals surface area (Å²) in [6, 6.07) is 6.61. The van der Waals surface area contributed by atoms with E-state index < -0.39 is 0 Å². The van der Waals surface area contributed by atoms with Crippen molar-refractivity contribution < 1.29 is 0 Å². The molecule has 2 aromatic rings. The Hall–Kier alpha value is -1.72. The van der Waals surface area contributed by atoms with Gasteiger partial charge in [-0.15, -0.1) is 0 Å². The third-order valence-corrected chi connectivity index (χ3v) is 5.19. The molecule has 5 nitrogen and oxygen atoms in total. The molecule has 1 N–H and O–H groups in total. The lowest BCUT2D eigenvalue weighted by molar-refractivity contribution is 0.175. The summed E-state index contributed by atoms with van der Waals surface area (Å²) in [5, 5.41) is 4.27. The monoisotopic (exact) mass is 342 g/mol. The van der Waals surface area contributed by atoms with Crippen LogP contribution in [0.3, 0.4) is 0 Å². The molecular formula is C20H30N4O. The van der Waals surface area contributed by atoms with E-state index >= 15 is 0 Å². The predicted octanol–water partition coefficient (Wildman–Crippen LogP) is 2.77. The van der Waals surface area contributed by atoms with Crippen molar-refractivity contribution in [2.24, 2.45) is 7.05 Å². The number of hydrogen-bond acceptors (Lipinski definition) is 4. The van der Waals surface area contributed by atoms with Gasteiger partial charge >= 0.3 is 0 Å². The molecule has 25 heavy (non-hydrogen) atoms. The standard InChI is InChI=1S/C20H30N4O/c1-5-7-18(24-11-6-10-21-15(3)13-24)19-22-17-9-8-14(2)12-16(17)20(25)23(19)4/h8-9,12,15,18,21H,5-7,10-11,13H2,1-4H3/t15-,18+/m0/s1. The zero-order valence-electron chi connectivity index (χ0n) is 15.9. The smallest absolute Gasteiger partial charge is 0.261 e. The van der Waals surface area contributed by atoms with E-state index in [-0.39, 0.29) is 11.6 Å². The summed E-state index contributed by atoms with van der Waals surface area (Å²) in [5.74, 6) is 0.900. The number of nitrogens with zero attached hydrogens (tertiary/aromatic N) is 3. The lowest BCUT2D eigenvalue weighted by Gasteiger charge is -2.32. The molecule has 1 aliphatic heterocycles.